The first-order valence-corrected chi connectivity index (χ1v) is 6.32. The SMILES string of the molecule is CCCC(N)CC(=O)Nc1ccc(Br)c(F)c1. The van der Waals surface area contributed by atoms with E-state index in [-0.39, 0.29) is 18.4 Å². The topological polar surface area (TPSA) is 55.1 Å². The summed E-state index contributed by atoms with van der Waals surface area (Å²) in [6, 6.07) is 4.32. The van der Waals surface area contributed by atoms with Crippen LogP contribution in [0.3, 0.4) is 0 Å². The monoisotopic (exact) mass is 302 g/mol. The largest absolute Gasteiger partial charge is 0.327 e. The summed E-state index contributed by atoms with van der Waals surface area (Å²) < 4.78 is 13.6. The van der Waals surface area contributed by atoms with Gasteiger partial charge in [0.15, 0.2) is 0 Å². The predicted octanol–water partition coefficient (Wildman–Crippen LogP) is 3.04. The fourth-order valence-corrected chi connectivity index (χ4v) is 1.74. The molecular formula is C12H16BrFN2O. The maximum absolute atomic E-state index is 13.2. The highest BCUT2D eigenvalue weighted by atomic mass is 79.9. The Morgan fingerprint density at radius 1 is 1.59 bits per heavy atom. The van der Waals surface area contributed by atoms with Gasteiger partial charge < -0.3 is 11.1 Å². The smallest absolute Gasteiger partial charge is 0.225 e. The lowest BCUT2D eigenvalue weighted by Gasteiger charge is -2.10. The van der Waals surface area contributed by atoms with Crippen molar-refractivity contribution in [3.05, 3.63) is 28.5 Å². The van der Waals surface area contributed by atoms with Crippen LogP contribution in [0.5, 0.6) is 0 Å². The fraction of sp³-hybridized carbons (Fsp3) is 0.417. The van der Waals surface area contributed by atoms with Crippen molar-refractivity contribution < 1.29 is 9.18 Å². The van der Waals surface area contributed by atoms with Crippen LogP contribution in [0.4, 0.5) is 10.1 Å². The third-order valence-corrected chi connectivity index (χ3v) is 2.95. The van der Waals surface area contributed by atoms with Gasteiger partial charge in [-0.3, -0.25) is 4.79 Å². The van der Waals surface area contributed by atoms with Crippen molar-refractivity contribution in [2.24, 2.45) is 5.73 Å². The summed E-state index contributed by atoms with van der Waals surface area (Å²) in [6.45, 7) is 2.02. The van der Waals surface area contributed by atoms with Crippen LogP contribution in [0.1, 0.15) is 26.2 Å². The van der Waals surface area contributed by atoms with Crippen LogP contribution in [0.25, 0.3) is 0 Å². The Morgan fingerprint density at radius 3 is 2.88 bits per heavy atom. The average Bonchev–Trinajstić information content (AvgIpc) is 2.23. The number of benzene rings is 1. The molecule has 0 aromatic heterocycles. The Kier molecular flexibility index (Phi) is 5.58. The number of carbonyl (C=O) groups is 1. The lowest BCUT2D eigenvalue weighted by molar-refractivity contribution is -0.116. The number of amides is 1. The van der Waals surface area contributed by atoms with Crippen molar-refractivity contribution in [1.29, 1.82) is 0 Å². The summed E-state index contributed by atoms with van der Waals surface area (Å²) in [5.74, 6) is -0.590. The van der Waals surface area contributed by atoms with Crippen LogP contribution in [-0.4, -0.2) is 11.9 Å². The molecule has 0 saturated carbocycles. The molecule has 0 aliphatic rings. The van der Waals surface area contributed by atoms with Gasteiger partial charge in [0, 0.05) is 18.2 Å². The summed E-state index contributed by atoms with van der Waals surface area (Å²) in [4.78, 5) is 11.6. The van der Waals surface area contributed by atoms with Crippen LogP contribution in [0, 0.1) is 5.82 Å². The highest BCUT2D eigenvalue weighted by Crippen LogP contribution is 2.19. The number of rotatable bonds is 5. The van der Waals surface area contributed by atoms with Gasteiger partial charge in [0.05, 0.1) is 4.47 Å². The van der Waals surface area contributed by atoms with Crippen molar-refractivity contribution in [2.45, 2.75) is 32.2 Å². The van der Waals surface area contributed by atoms with E-state index in [1.54, 1.807) is 12.1 Å². The molecule has 3 nitrogen and oxygen atoms in total. The summed E-state index contributed by atoms with van der Waals surface area (Å²) in [5, 5.41) is 2.62. The van der Waals surface area contributed by atoms with Gasteiger partial charge in [-0.25, -0.2) is 4.39 Å². The maximum Gasteiger partial charge on any atom is 0.225 e. The average molecular weight is 303 g/mol. The lowest BCUT2D eigenvalue weighted by atomic mass is 10.1. The van der Waals surface area contributed by atoms with E-state index < -0.39 is 5.82 Å². The van der Waals surface area contributed by atoms with Crippen LogP contribution in [0.2, 0.25) is 0 Å². The van der Waals surface area contributed by atoms with Gasteiger partial charge >= 0.3 is 0 Å². The molecule has 0 aliphatic heterocycles. The van der Waals surface area contributed by atoms with Crippen molar-refractivity contribution in [3.63, 3.8) is 0 Å². The molecule has 0 heterocycles. The van der Waals surface area contributed by atoms with Crippen molar-refractivity contribution in [2.75, 3.05) is 5.32 Å². The van der Waals surface area contributed by atoms with E-state index >= 15 is 0 Å². The van der Waals surface area contributed by atoms with Gasteiger partial charge in [-0.2, -0.15) is 0 Å². The summed E-state index contributed by atoms with van der Waals surface area (Å²) in [6.07, 6.45) is 2.01. The Morgan fingerprint density at radius 2 is 2.29 bits per heavy atom. The Labute approximate surface area is 109 Å². The summed E-state index contributed by atoms with van der Waals surface area (Å²) in [5.41, 5.74) is 6.19. The van der Waals surface area contributed by atoms with E-state index in [0.717, 1.165) is 12.8 Å². The van der Waals surface area contributed by atoms with E-state index in [4.69, 9.17) is 5.73 Å². The van der Waals surface area contributed by atoms with E-state index in [1.165, 1.54) is 6.07 Å². The molecule has 1 aromatic rings. The molecule has 0 saturated heterocycles. The van der Waals surface area contributed by atoms with E-state index in [2.05, 4.69) is 21.2 Å². The Balaban J connectivity index is 2.53. The molecule has 3 N–H and O–H groups in total. The first kappa shape index (κ1) is 14.1. The van der Waals surface area contributed by atoms with Gasteiger partial charge in [0.25, 0.3) is 0 Å². The first-order chi connectivity index (χ1) is 8.02. The van der Waals surface area contributed by atoms with E-state index in [0.29, 0.717) is 10.2 Å². The zero-order chi connectivity index (χ0) is 12.8. The second-order valence-electron chi connectivity index (χ2n) is 3.93. The van der Waals surface area contributed by atoms with Crippen molar-refractivity contribution >= 4 is 27.5 Å². The number of hydrogen-bond acceptors (Lipinski definition) is 2. The molecule has 0 radical (unpaired) electrons. The van der Waals surface area contributed by atoms with Crippen LogP contribution >= 0.6 is 15.9 Å². The number of hydrogen-bond donors (Lipinski definition) is 2. The summed E-state index contributed by atoms with van der Waals surface area (Å²) >= 11 is 3.05. The molecule has 17 heavy (non-hydrogen) atoms. The molecule has 1 rings (SSSR count). The number of carbonyl (C=O) groups excluding carboxylic acids is 1. The van der Waals surface area contributed by atoms with Gasteiger partial charge in [0.2, 0.25) is 5.91 Å². The molecule has 1 aromatic carbocycles. The minimum Gasteiger partial charge on any atom is -0.327 e. The third kappa shape index (κ3) is 4.83. The van der Waals surface area contributed by atoms with Crippen LogP contribution in [-0.2, 0) is 4.79 Å². The number of nitrogens with two attached hydrogens (primary N) is 1. The van der Waals surface area contributed by atoms with Gasteiger partial charge in [-0.05, 0) is 40.5 Å². The molecule has 1 unspecified atom stereocenters. The molecule has 0 spiro atoms. The number of anilines is 1. The maximum atomic E-state index is 13.2. The third-order valence-electron chi connectivity index (χ3n) is 2.31. The molecule has 0 aliphatic carbocycles. The van der Waals surface area contributed by atoms with Gasteiger partial charge in [-0.1, -0.05) is 13.3 Å². The zero-order valence-corrected chi connectivity index (χ0v) is 11.3. The highest BCUT2D eigenvalue weighted by molar-refractivity contribution is 9.10. The summed E-state index contributed by atoms with van der Waals surface area (Å²) in [7, 11) is 0. The number of nitrogens with one attached hydrogen (secondary N) is 1. The highest BCUT2D eigenvalue weighted by Gasteiger charge is 2.09. The van der Waals surface area contributed by atoms with Crippen LogP contribution in [0.15, 0.2) is 22.7 Å². The fourth-order valence-electron chi connectivity index (χ4n) is 1.50. The normalized spacial score (nSPS) is 12.2. The van der Waals surface area contributed by atoms with E-state index in [9.17, 15) is 9.18 Å². The quantitative estimate of drug-likeness (QED) is 0.878. The molecule has 94 valence electrons. The minimum absolute atomic E-state index is 0.139. The van der Waals surface area contributed by atoms with Crippen molar-refractivity contribution in [3.8, 4) is 0 Å². The Hall–Kier alpha value is -0.940. The molecule has 0 bridgehead atoms. The second kappa shape index (κ2) is 6.71. The molecule has 1 amide bonds. The molecule has 5 heteroatoms. The van der Waals surface area contributed by atoms with Crippen LogP contribution < -0.4 is 11.1 Å². The second-order valence-corrected chi connectivity index (χ2v) is 4.78. The molecular weight excluding hydrogens is 287 g/mol. The molecule has 0 fully saturated rings. The van der Waals surface area contributed by atoms with Crippen molar-refractivity contribution in [1.82, 2.24) is 0 Å². The standard InChI is InChI=1S/C12H16BrFN2O/c1-2-3-8(15)6-12(17)16-9-4-5-10(13)11(14)7-9/h4-5,7-8H,2-3,6,15H2,1H3,(H,16,17). The zero-order valence-electron chi connectivity index (χ0n) is 9.67. The lowest BCUT2D eigenvalue weighted by Crippen LogP contribution is -2.26. The first-order valence-electron chi connectivity index (χ1n) is 5.53. The number of halogens is 2. The Bertz CT molecular complexity index is 398. The van der Waals surface area contributed by atoms with Gasteiger partial charge in [-0.15, -0.1) is 0 Å². The van der Waals surface area contributed by atoms with E-state index in [1.807, 2.05) is 6.92 Å². The van der Waals surface area contributed by atoms with Gasteiger partial charge in [0.1, 0.15) is 5.82 Å². The minimum atomic E-state index is -0.402. The molecule has 1 atom stereocenters. The predicted molar refractivity (Wildman–Crippen MR) is 70.2 cm³/mol.